The molecule has 1 aromatic rings. The van der Waals surface area contributed by atoms with Gasteiger partial charge in [0.05, 0.1) is 11.9 Å². The first-order valence-electron chi connectivity index (χ1n) is 7.95. The van der Waals surface area contributed by atoms with Crippen molar-refractivity contribution in [2.24, 2.45) is 11.8 Å². The van der Waals surface area contributed by atoms with Crippen LogP contribution in [0.1, 0.15) is 25.7 Å². The molecular weight excluding hydrogens is 371 g/mol. The number of hydrogen-bond donors (Lipinski definition) is 1. The summed E-state index contributed by atoms with van der Waals surface area (Å²) >= 11 is 11.9. The van der Waals surface area contributed by atoms with Crippen LogP contribution >= 0.6 is 23.2 Å². The number of benzene rings is 1. The summed E-state index contributed by atoms with van der Waals surface area (Å²) in [6.45, 7) is -0.274. The molecule has 2 bridgehead atoms. The van der Waals surface area contributed by atoms with Crippen LogP contribution in [0.3, 0.4) is 0 Å². The molecule has 0 heterocycles. The van der Waals surface area contributed by atoms with Gasteiger partial charge in [0, 0.05) is 16.1 Å². The third-order valence-corrected chi connectivity index (χ3v) is 6.48. The highest BCUT2D eigenvalue weighted by atomic mass is 35.5. The Bertz CT molecular complexity index is 733. The zero-order valence-corrected chi connectivity index (χ0v) is 15.7. The van der Waals surface area contributed by atoms with Crippen LogP contribution in [0.5, 0.6) is 0 Å². The third kappa shape index (κ3) is 3.98. The van der Waals surface area contributed by atoms with E-state index in [0.717, 1.165) is 23.4 Å². The minimum atomic E-state index is -3.64. The maximum atomic E-state index is 12.4. The largest absolute Gasteiger partial charge is 0.352 e. The average Bonchev–Trinajstić information content (AvgIpc) is 3.04. The van der Waals surface area contributed by atoms with E-state index in [1.54, 1.807) is 0 Å². The van der Waals surface area contributed by atoms with Gasteiger partial charge in [0.1, 0.15) is 6.54 Å². The first-order valence-corrected chi connectivity index (χ1v) is 10.6. The molecule has 1 N–H and O–H groups in total. The summed E-state index contributed by atoms with van der Waals surface area (Å²) in [5.74, 6) is 0.943. The molecule has 2 aliphatic rings. The minimum absolute atomic E-state index is 0.167. The molecule has 0 aliphatic heterocycles. The van der Waals surface area contributed by atoms with E-state index in [0.29, 0.717) is 21.9 Å². The number of carbonyl (C=O) groups excluding carboxylic acids is 1. The van der Waals surface area contributed by atoms with Gasteiger partial charge in [-0.2, -0.15) is 0 Å². The number of amides is 1. The van der Waals surface area contributed by atoms with E-state index >= 15 is 0 Å². The molecular formula is C16H20Cl2N2O3S. The summed E-state index contributed by atoms with van der Waals surface area (Å²) in [6.07, 6.45) is 5.62. The molecule has 0 saturated heterocycles. The number of anilines is 1. The highest BCUT2D eigenvalue weighted by molar-refractivity contribution is 7.92. The number of sulfonamides is 1. The first kappa shape index (κ1) is 17.8. The number of hydrogen-bond acceptors (Lipinski definition) is 3. The van der Waals surface area contributed by atoms with Crippen molar-refractivity contribution in [1.29, 1.82) is 0 Å². The molecule has 1 amide bonds. The van der Waals surface area contributed by atoms with Crippen molar-refractivity contribution in [3.63, 3.8) is 0 Å². The van der Waals surface area contributed by atoms with Crippen LogP contribution in [0.25, 0.3) is 0 Å². The second-order valence-corrected chi connectivity index (χ2v) is 9.53. The van der Waals surface area contributed by atoms with Crippen molar-refractivity contribution >= 4 is 44.8 Å². The summed E-state index contributed by atoms with van der Waals surface area (Å²) in [6, 6.07) is 4.65. The Hall–Kier alpha value is -0.980. The van der Waals surface area contributed by atoms with Gasteiger partial charge in [-0.05, 0) is 49.3 Å². The molecule has 0 unspecified atom stereocenters. The lowest BCUT2D eigenvalue weighted by Crippen LogP contribution is -2.45. The van der Waals surface area contributed by atoms with Gasteiger partial charge < -0.3 is 5.32 Å². The summed E-state index contributed by atoms with van der Waals surface area (Å²) in [4.78, 5) is 12.4. The monoisotopic (exact) mass is 390 g/mol. The number of nitrogens with one attached hydrogen (secondary N) is 1. The molecule has 24 heavy (non-hydrogen) atoms. The predicted octanol–water partition coefficient (Wildman–Crippen LogP) is 3.06. The zero-order chi connectivity index (χ0) is 17.5. The number of carbonyl (C=O) groups is 1. The molecule has 3 atom stereocenters. The summed E-state index contributed by atoms with van der Waals surface area (Å²) < 4.78 is 25.3. The van der Waals surface area contributed by atoms with Crippen molar-refractivity contribution in [1.82, 2.24) is 5.32 Å². The molecule has 3 rings (SSSR count). The van der Waals surface area contributed by atoms with Gasteiger partial charge in [-0.1, -0.05) is 29.6 Å². The molecule has 8 heteroatoms. The fraction of sp³-hybridized carbons (Fsp3) is 0.562. The maximum Gasteiger partial charge on any atom is 0.241 e. The van der Waals surface area contributed by atoms with Gasteiger partial charge in [0.25, 0.3) is 0 Å². The SMILES string of the molecule is CS(=O)(=O)N(CC(=O)N[C@H]1C[C@@H]2CC[C@@H]1C2)c1cc(Cl)cc(Cl)c1. The Morgan fingerprint density at radius 2 is 1.88 bits per heavy atom. The molecule has 0 aromatic heterocycles. The molecule has 1 aromatic carbocycles. The molecule has 0 spiro atoms. The van der Waals surface area contributed by atoms with Gasteiger partial charge in [-0.25, -0.2) is 8.42 Å². The van der Waals surface area contributed by atoms with E-state index in [4.69, 9.17) is 23.2 Å². The first-order chi connectivity index (χ1) is 11.2. The van der Waals surface area contributed by atoms with Crippen molar-refractivity contribution < 1.29 is 13.2 Å². The lowest BCUT2D eigenvalue weighted by Gasteiger charge is -2.26. The molecule has 5 nitrogen and oxygen atoms in total. The second kappa shape index (κ2) is 6.73. The Morgan fingerprint density at radius 3 is 2.38 bits per heavy atom. The van der Waals surface area contributed by atoms with Crippen LogP contribution in [0.15, 0.2) is 18.2 Å². The lowest BCUT2D eigenvalue weighted by molar-refractivity contribution is -0.120. The van der Waals surface area contributed by atoms with Gasteiger partial charge in [0.15, 0.2) is 0 Å². The fourth-order valence-corrected chi connectivity index (χ4v) is 5.24. The standard InChI is InChI=1S/C16H20Cl2N2O3S/c1-24(22,23)20(14-7-12(17)6-13(18)8-14)9-16(21)19-15-5-10-2-3-11(15)4-10/h6-8,10-11,15H,2-5,9H2,1H3,(H,19,21)/t10-,11-,15+/m1/s1. The van der Waals surface area contributed by atoms with Crippen LogP contribution in [-0.4, -0.2) is 33.2 Å². The number of fused-ring (bicyclic) bond motifs is 2. The Balaban J connectivity index is 1.74. The summed E-state index contributed by atoms with van der Waals surface area (Å²) in [5, 5.41) is 3.64. The highest BCUT2D eigenvalue weighted by Crippen LogP contribution is 2.44. The number of nitrogens with zero attached hydrogens (tertiary/aromatic N) is 1. The average molecular weight is 391 g/mol. The van der Waals surface area contributed by atoms with E-state index in [2.05, 4.69) is 5.32 Å². The fourth-order valence-electron chi connectivity index (χ4n) is 3.89. The predicted molar refractivity (Wildman–Crippen MR) is 96.0 cm³/mol. The van der Waals surface area contributed by atoms with Gasteiger partial charge in [-0.15, -0.1) is 0 Å². The summed E-state index contributed by atoms with van der Waals surface area (Å²) in [7, 11) is -3.64. The van der Waals surface area contributed by atoms with Crippen molar-refractivity contribution in [3.8, 4) is 0 Å². The van der Waals surface area contributed by atoms with Crippen LogP contribution in [0.2, 0.25) is 10.0 Å². The lowest BCUT2D eigenvalue weighted by atomic mass is 9.95. The van der Waals surface area contributed by atoms with Gasteiger partial charge in [0.2, 0.25) is 15.9 Å². The Labute approximate surface area is 152 Å². The zero-order valence-electron chi connectivity index (χ0n) is 13.3. The van der Waals surface area contributed by atoms with Crippen molar-refractivity contribution in [2.45, 2.75) is 31.7 Å². The van der Waals surface area contributed by atoms with E-state index in [-0.39, 0.29) is 24.2 Å². The minimum Gasteiger partial charge on any atom is -0.352 e. The molecule has 2 saturated carbocycles. The van der Waals surface area contributed by atoms with Crippen LogP contribution in [0.4, 0.5) is 5.69 Å². The third-order valence-electron chi connectivity index (χ3n) is 4.91. The van der Waals surface area contributed by atoms with Crippen molar-refractivity contribution in [3.05, 3.63) is 28.2 Å². The number of rotatable bonds is 5. The molecule has 132 valence electrons. The van der Waals surface area contributed by atoms with E-state index < -0.39 is 10.0 Å². The normalized spacial score (nSPS) is 25.7. The smallest absolute Gasteiger partial charge is 0.241 e. The molecule has 2 aliphatic carbocycles. The van der Waals surface area contributed by atoms with Crippen molar-refractivity contribution in [2.75, 3.05) is 17.1 Å². The van der Waals surface area contributed by atoms with Gasteiger partial charge in [-0.3, -0.25) is 9.10 Å². The van der Waals surface area contributed by atoms with E-state index in [9.17, 15) is 13.2 Å². The second-order valence-electron chi connectivity index (χ2n) is 6.75. The topological polar surface area (TPSA) is 66.5 Å². The molecule has 2 fully saturated rings. The Kier molecular flexibility index (Phi) is 5.00. The van der Waals surface area contributed by atoms with Gasteiger partial charge >= 0.3 is 0 Å². The maximum absolute atomic E-state index is 12.4. The Morgan fingerprint density at radius 1 is 1.21 bits per heavy atom. The molecule has 0 radical (unpaired) electrons. The van der Waals surface area contributed by atoms with E-state index in [1.807, 2.05) is 0 Å². The quantitative estimate of drug-likeness (QED) is 0.839. The van der Waals surface area contributed by atoms with Crippen LogP contribution in [0, 0.1) is 11.8 Å². The van der Waals surface area contributed by atoms with Crippen LogP contribution in [-0.2, 0) is 14.8 Å². The summed E-state index contributed by atoms with van der Waals surface area (Å²) in [5.41, 5.74) is 0.290. The number of halogens is 2. The highest BCUT2D eigenvalue weighted by Gasteiger charge is 2.40. The van der Waals surface area contributed by atoms with E-state index in [1.165, 1.54) is 31.0 Å². The van der Waals surface area contributed by atoms with Crippen LogP contribution < -0.4 is 9.62 Å².